The second-order valence-electron chi connectivity index (χ2n) is 35.4. The summed E-state index contributed by atoms with van der Waals surface area (Å²) >= 11 is 0. The number of pyridine rings is 4. The monoisotopic (exact) mass is 1570 g/mol. The zero-order chi connectivity index (χ0) is 84.7. The number of aryl methyl sites for hydroxylation is 10. The molecule has 8 aromatic carbocycles. The Morgan fingerprint density at radius 3 is 0.924 bits per heavy atom. The number of unbranched alkanes of at least 4 members (excludes halogenated alkanes) is 7. The molecule has 4 saturated carbocycles. The molecule has 4 aliphatic carbocycles. The lowest BCUT2D eigenvalue weighted by atomic mass is 9.70. The molecule has 4 heteroatoms. The van der Waals surface area contributed by atoms with E-state index in [1.807, 2.05) is 12.1 Å². The van der Waals surface area contributed by atoms with Crippen molar-refractivity contribution in [3.63, 3.8) is 0 Å². The second-order valence-corrected chi connectivity index (χ2v) is 35.4. The number of hydrogen-bond acceptors (Lipinski definition) is 0. The van der Waals surface area contributed by atoms with Crippen molar-refractivity contribution in [3.05, 3.63) is 312 Å². The molecular weight excluding hydrogens is 1430 g/mol. The molecule has 612 valence electrons. The SMILES string of the molecule is CCCCCCCc1ccc(-c2cc[n+](C)c(-c3ccccc3C)c2)cc1.Cc1ccccc1-c1cc(-c2ccc(C3CCC(C4CCCCC4)CC3)cc2)cc[n+]1C.[2H]C([2H])(CCCCCC)c1ccc(-c2cc[n+](C)c(-c3ccccc3C)c2)cc1.[2H]C1(c2ccc(-c3cc[n+](C)c(-c4ccccc4C)c3)cc2)CCC(C2CCCCC2)CC1. The Labute approximate surface area is 717 Å². The fourth-order valence-electron chi connectivity index (χ4n) is 19.6. The number of nitrogens with zero attached hydrogens (tertiary/aromatic N) is 4. The summed E-state index contributed by atoms with van der Waals surface area (Å²) in [5, 5.41) is 0. The van der Waals surface area contributed by atoms with Gasteiger partial charge in [-0.05, 0) is 253 Å². The molecular formula is C114H140N4+4. The van der Waals surface area contributed by atoms with E-state index in [1.54, 1.807) is 5.56 Å². The van der Waals surface area contributed by atoms with E-state index in [-0.39, 0.29) is 0 Å². The van der Waals surface area contributed by atoms with Gasteiger partial charge in [0.05, 0.1) is 0 Å². The Morgan fingerprint density at radius 2 is 0.576 bits per heavy atom. The minimum Gasteiger partial charge on any atom is -0.201 e. The van der Waals surface area contributed by atoms with Gasteiger partial charge in [0, 0.05) is 74.9 Å². The van der Waals surface area contributed by atoms with Gasteiger partial charge in [0.25, 0.3) is 0 Å². The third-order valence-electron chi connectivity index (χ3n) is 27.1. The summed E-state index contributed by atoms with van der Waals surface area (Å²) in [5.74, 6) is 4.21. The summed E-state index contributed by atoms with van der Waals surface area (Å²) in [7, 11) is 8.44. The molecule has 118 heavy (non-hydrogen) atoms. The van der Waals surface area contributed by atoms with Gasteiger partial charge >= 0.3 is 0 Å². The van der Waals surface area contributed by atoms with Crippen LogP contribution in [0.3, 0.4) is 0 Å². The molecule has 0 saturated heterocycles. The van der Waals surface area contributed by atoms with Crippen LogP contribution >= 0.6 is 0 Å². The Balaban J connectivity index is 0.000000140. The summed E-state index contributed by atoms with van der Waals surface area (Å²) in [6, 6.07) is 87.8. The molecule has 4 fully saturated rings. The fourth-order valence-corrected chi connectivity index (χ4v) is 19.6. The van der Waals surface area contributed by atoms with Crippen LogP contribution in [0, 0.1) is 51.4 Å². The molecule has 4 aromatic heterocycles. The van der Waals surface area contributed by atoms with Gasteiger partial charge in [-0.25, -0.2) is 18.3 Å². The second kappa shape index (κ2) is 43.9. The highest BCUT2D eigenvalue weighted by Crippen LogP contribution is 2.46. The van der Waals surface area contributed by atoms with E-state index in [2.05, 4.69) is 343 Å². The van der Waals surface area contributed by atoms with Gasteiger partial charge in [0.2, 0.25) is 22.8 Å². The molecule has 0 unspecified atom stereocenters. The maximum absolute atomic E-state index is 9.24. The molecule has 0 bridgehead atoms. The van der Waals surface area contributed by atoms with E-state index < -0.39 is 12.3 Å². The predicted molar refractivity (Wildman–Crippen MR) is 500 cm³/mol. The van der Waals surface area contributed by atoms with Crippen molar-refractivity contribution in [2.45, 2.75) is 246 Å². The predicted octanol–water partition coefficient (Wildman–Crippen LogP) is 29.3. The Bertz CT molecular complexity index is 5240. The molecule has 0 aliphatic heterocycles. The molecule has 0 amide bonds. The molecule has 12 aromatic rings. The first-order valence-electron chi connectivity index (χ1n) is 47.5. The van der Waals surface area contributed by atoms with Crippen LogP contribution < -0.4 is 18.3 Å². The van der Waals surface area contributed by atoms with Gasteiger partial charge in [-0.3, -0.25) is 0 Å². The number of hydrogen-bond donors (Lipinski definition) is 0. The van der Waals surface area contributed by atoms with Crippen LogP contribution in [0.15, 0.2) is 267 Å². The third kappa shape index (κ3) is 23.5. The van der Waals surface area contributed by atoms with E-state index in [0.717, 1.165) is 72.0 Å². The van der Waals surface area contributed by atoms with E-state index in [1.165, 1.54) is 266 Å². The summed E-state index contributed by atoms with van der Waals surface area (Å²) in [6.07, 6.45) is 45.1. The standard InChI is InChI=1S/2C31H38N.2C26H32N/c2*1-23-8-6-7-11-30(23)31-22-29(20-21-32(31)2)28-18-16-27(17-19-28)26-14-12-25(13-15-26)24-9-4-3-5-10-24;2*1-4-5-6-7-8-12-22-14-16-23(17-15-22)24-18-19-27(3)26(20-24)25-13-10-9-11-21(25)2/h2*6-8,11,16-22,24-26H,3-5,9-10,12-15H2,1-2H3;2*9-11,13-20H,4-8,12H2,1-3H3/q4*+1/i26D;;12D2;. The minimum atomic E-state index is -1.26. The van der Waals surface area contributed by atoms with E-state index >= 15 is 0 Å². The molecule has 0 spiro atoms. The van der Waals surface area contributed by atoms with Crippen molar-refractivity contribution in [3.8, 4) is 89.5 Å². The van der Waals surface area contributed by atoms with E-state index in [9.17, 15) is 1.37 Å². The van der Waals surface area contributed by atoms with Crippen LogP contribution in [0.5, 0.6) is 0 Å². The number of rotatable bonds is 24. The normalized spacial score (nSPS) is 18.1. The van der Waals surface area contributed by atoms with Gasteiger partial charge in [-0.2, -0.15) is 0 Å². The van der Waals surface area contributed by atoms with Crippen LogP contribution in [0.25, 0.3) is 89.5 Å². The van der Waals surface area contributed by atoms with Gasteiger partial charge in [0.15, 0.2) is 24.8 Å². The maximum Gasteiger partial charge on any atom is 0.213 e. The molecule has 0 radical (unpaired) electrons. The molecule has 0 atom stereocenters. The van der Waals surface area contributed by atoms with Crippen LogP contribution in [0.2, 0.25) is 0 Å². The first-order valence-corrected chi connectivity index (χ1v) is 46.0. The van der Waals surface area contributed by atoms with Crippen molar-refractivity contribution in [2.24, 2.45) is 51.9 Å². The zero-order valence-electron chi connectivity index (χ0n) is 76.6. The van der Waals surface area contributed by atoms with E-state index in [4.69, 9.17) is 2.74 Å². The maximum atomic E-state index is 9.24. The first-order chi connectivity index (χ1) is 58.8. The van der Waals surface area contributed by atoms with Crippen LogP contribution in [0.4, 0.5) is 0 Å². The first kappa shape index (κ1) is 82.1. The van der Waals surface area contributed by atoms with E-state index in [0.29, 0.717) is 6.42 Å². The largest absolute Gasteiger partial charge is 0.213 e. The molecule has 4 aliphatic rings. The summed E-state index contributed by atoms with van der Waals surface area (Å²) in [4.78, 5) is 0. The third-order valence-corrected chi connectivity index (χ3v) is 27.1. The Kier molecular flexibility index (Phi) is 30.5. The number of aromatic nitrogens is 4. The average Bonchev–Trinajstić information content (AvgIpc) is 0.786. The molecule has 4 heterocycles. The highest BCUT2D eigenvalue weighted by molar-refractivity contribution is 5.74. The summed E-state index contributed by atoms with van der Waals surface area (Å²) in [5.41, 5.74) is 30.1. The number of benzene rings is 8. The lowest BCUT2D eigenvalue weighted by Crippen LogP contribution is -2.30. The average molecular weight is 1570 g/mol. The lowest BCUT2D eigenvalue weighted by molar-refractivity contribution is -0.660. The smallest absolute Gasteiger partial charge is 0.201 e. The van der Waals surface area contributed by atoms with Gasteiger partial charge in [0.1, 0.15) is 28.2 Å². The van der Waals surface area contributed by atoms with Crippen molar-refractivity contribution in [1.82, 2.24) is 0 Å². The highest BCUT2D eigenvalue weighted by atomic mass is 14.9. The summed E-state index contributed by atoms with van der Waals surface area (Å²) in [6.45, 7) is 13.1. The van der Waals surface area contributed by atoms with Gasteiger partial charge in [-0.15, -0.1) is 0 Å². The zero-order valence-corrected chi connectivity index (χ0v) is 73.6. The highest BCUT2D eigenvalue weighted by Gasteiger charge is 2.31. The topological polar surface area (TPSA) is 15.5 Å². The van der Waals surface area contributed by atoms with Crippen molar-refractivity contribution in [2.75, 3.05) is 0 Å². The van der Waals surface area contributed by atoms with Gasteiger partial charge < -0.3 is 0 Å². The molecule has 16 rings (SSSR count). The Hall–Kier alpha value is -9.64. The summed E-state index contributed by atoms with van der Waals surface area (Å²) < 4.78 is 34.9. The Morgan fingerprint density at radius 1 is 0.280 bits per heavy atom. The quantitative estimate of drug-likeness (QED) is 0.0423. The molecule has 0 N–H and O–H groups in total. The van der Waals surface area contributed by atoms with Crippen molar-refractivity contribution < 1.29 is 22.4 Å². The molecule has 4 nitrogen and oxygen atoms in total. The minimum absolute atomic E-state index is 0.404. The van der Waals surface area contributed by atoms with Crippen molar-refractivity contribution >= 4 is 0 Å². The fraction of sp³-hybridized carbons (Fsp3) is 0.404. The lowest BCUT2D eigenvalue weighted by Gasteiger charge is -2.36. The van der Waals surface area contributed by atoms with Crippen LogP contribution in [-0.4, -0.2) is 0 Å². The van der Waals surface area contributed by atoms with Crippen LogP contribution in [-0.2, 0) is 41.0 Å². The van der Waals surface area contributed by atoms with Gasteiger partial charge in [-0.1, -0.05) is 299 Å². The van der Waals surface area contributed by atoms with Crippen molar-refractivity contribution in [1.29, 1.82) is 0 Å². The van der Waals surface area contributed by atoms with Crippen LogP contribution in [0.1, 0.15) is 254 Å².